The summed E-state index contributed by atoms with van der Waals surface area (Å²) in [6.07, 6.45) is 3.45. The smallest absolute Gasteiger partial charge is 0.191 e. The molecule has 6 nitrogen and oxygen atoms in total. The standard InChI is InChI=1S/C20H31N3O3S/c1-5-21-19(23-17-16-11-13-26-18(16)20(17,2)3)22-12-10-14-6-8-15(9-7-14)27(4,24)25/h6-9,16-18H,5,10-13H2,1-4H3,(H2,21,22,23). The van der Waals surface area contributed by atoms with Gasteiger partial charge in [-0.05, 0) is 37.5 Å². The maximum absolute atomic E-state index is 11.5. The largest absolute Gasteiger partial charge is 0.377 e. The minimum absolute atomic E-state index is 0.110. The van der Waals surface area contributed by atoms with Crippen LogP contribution in [-0.2, 0) is 21.0 Å². The van der Waals surface area contributed by atoms with Crippen LogP contribution in [-0.4, -0.2) is 52.5 Å². The number of guanidine groups is 1. The molecule has 3 rings (SSSR count). The van der Waals surface area contributed by atoms with Crippen LogP contribution in [0.1, 0.15) is 32.8 Å². The van der Waals surface area contributed by atoms with Crippen molar-refractivity contribution in [2.45, 2.75) is 50.7 Å². The van der Waals surface area contributed by atoms with Crippen molar-refractivity contribution < 1.29 is 13.2 Å². The van der Waals surface area contributed by atoms with Gasteiger partial charge in [0.2, 0.25) is 0 Å². The molecule has 1 aliphatic carbocycles. The Bertz CT molecular complexity index is 787. The molecule has 2 aliphatic rings. The summed E-state index contributed by atoms with van der Waals surface area (Å²) in [5.41, 5.74) is 1.19. The molecule has 0 spiro atoms. The number of hydrogen-bond donors (Lipinski definition) is 2. The van der Waals surface area contributed by atoms with Crippen LogP contribution in [0.3, 0.4) is 0 Å². The van der Waals surface area contributed by atoms with E-state index >= 15 is 0 Å². The van der Waals surface area contributed by atoms with Crippen molar-refractivity contribution in [1.82, 2.24) is 10.6 Å². The Balaban J connectivity index is 1.59. The summed E-state index contributed by atoms with van der Waals surface area (Å²) in [5.74, 6) is 1.40. The van der Waals surface area contributed by atoms with Crippen LogP contribution >= 0.6 is 0 Å². The summed E-state index contributed by atoms with van der Waals surface area (Å²) in [4.78, 5) is 5.07. The van der Waals surface area contributed by atoms with Gasteiger partial charge in [-0.2, -0.15) is 0 Å². The van der Waals surface area contributed by atoms with E-state index in [1.54, 1.807) is 12.1 Å². The van der Waals surface area contributed by atoms with Gasteiger partial charge in [0.1, 0.15) is 0 Å². The lowest BCUT2D eigenvalue weighted by atomic mass is 9.57. The van der Waals surface area contributed by atoms with Crippen molar-refractivity contribution in [2.24, 2.45) is 16.3 Å². The minimum atomic E-state index is -3.15. The van der Waals surface area contributed by atoms with Crippen molar-refractivity contribution in [3.05, 3.63) is 29.8 Å². The highest BCUT2D eigenvalue weighted by molar-refractivity contribution is 7.90. The van der Waals surface area contributed by atoms with Gasteiger partial charge in [-0.15, -0.1) is 0 Å². The first-order valence-electron chi connectivity index (χ1n) is 9.69. The fourth-order valence-electron chi connectivity index (χ4n) is 4.28. The summed E-state index contributed by atoms with van der Waals surface area (Å²) in [7, 11) is -3.15. The zero-order valence-electron chi connectivity index (χ0n) is 16.7. The van der Waals surface area contributed by atoms with Crippen LogP contribution in [0.25, 0.3) is 0 Å². The summed E-state index contributed by atoms with van der Waals surface area (Å²) in [5, 5.41) is 6.94. The summed E-state index contributed by atoms with van der Waals surface area (Å²) in [6, 6.07) is 7.42. The highest BCUT2D eigenvalue weighted by Gasteiger charge is 2.59. The number of hydrogen-bond acceptors (Lipinski definition) is 4. The van der Waals surface area contributed by atoms with Gasteiger partial charge >= 0.3 is 0 Å². The Labute approximate surface area is 162 Å². The predicted molar refractivity (Wildman–Crippen MR) is 108 cm³/mol. The Morgan fingerprint density at radius 3 is 2.63 bits per heavy atom. The van der Waals surface area contributed by atoms with E-state index in [9.17, 15) is 8.42 Å². The fourth-order valence-corrected chi connectivity index (χ4v) is 4.92. The second-order valence-electron chi connectivity index (χ2n) is 8.11. The maximum atomic E-state index is 11.5. The van der Waals surface area contributed by atoms with Gasteiger partial charge in [0, 0.05) is 43.3 Å². The maximum Gasteiger partial charge on any atom is 0.191 e. The van der Waals surface area contributed by atoms with Crippen molar-refractivity contribution >= 4 is 15.8 Å². The van der Waals surface area contributed by atoms with E-state index < -0.39 is 9.84 Å². The van der Waals surface area contributed by atoms with Gasteiger partial charge < -0.3 is 15.4 Å². The van der Waals surface area contributed by atoms with Gasteiger partial charge in [0.15, 0.2) is 15.8 Å². The number of nitrogens with one attached hydrogen (secondary N) is 2. The third kappa shape index (κ3) is 4.29. The Hall–Kier alpha value is -1.60. The zero-order valence-corrected chi connectivity index (χ0v) is 17.5. The quantitative estimate of drug-likeness (QED) is 0.571. The van der Waals surface area contributed by atoms with Crippen LogP contribution in [0.5, 0.6) is 0 Å². The molecule has 1 aliphatic heterocycles. The van der Waals surface area contributed by atoms with Gasteiger partial charge in [-0.25, -0.2) is 8.42 Å². The Kier molecular flexibility index (Phi) is 5.82. The molecule has 2 fully saturated rings. The van der Waals surface area contributed by atoms with E-state index in [4.69, 9.17) is 9.73 Å². The summed E-state index contributed by atoms with van der Waals surface area (Å²) in [6.45, 7) is 8.88. The van der Waals surface area contributed by atoms with Crippen molar-refractivity contribution in [2.75, 3.05) is 26.0 Å². The molecule has 0 amide bonds. The lowest BCUT2D eigenvalue weighted by Gasteiger charge is -2.54. The molecule has 0 radical (unpaired) electrons. The van der Waals surface area contributed by atoms with E-state index in [1.807, 2.05) is 12.1 Å². The number of ether oxygens (including phenoxy) is 1. The number of benzene rings is 1. The molecule has 150 valence electrons. The van der Waals surface area contributed by atoms with Gasteiger partial charge in [0.05, 0.1) is 11.0 Å². The third-order valence-corrected chi connectivity index (χ3v) is 6.89. The summed E-state index contributed by atoms with van der Waals surface area (Å²) >= 11 is 0. The van der Waals surface area contributed by atoms with E-state index in [0.29, 0.717) is 29.5 Å². The van der Waals surface area contributed by atoms with Crippen LogP contribution in [0.15, 0.2) is 34.2 Å². The molecule has 3 unspecified atom stereocenters. The average molecular weight is 394 g/mol. The van der Waals surface area contributed by atoms with E-state index in [2.05, 4.69) is 31.4 Å². The van der Waals surface area contributed by atoms with Crippen LogP contribution in [0.2, 0.25) is 0 Å². The molecule has 1 heterocycles. The molecule has 1 saturated heterocycles. The minimum Gasteiger partial charge on any atom is -0.377 e. The third-order valence-electron chi connectivity index (χ3n) is 5.76. The number of rotatable bonds is 6. The topological polar surface area (TPSA) is 79.8 Å². The van der Waals surface area contributed by atoms with Crippen LogP contribution in [0, 0.1) is 11.3 Å². The van der Waals surface area contributed by atoms with E-state index in [1.165, 1.54) is 6.26 Å². The molecule has 2 N–H and O–H groups in total. The zero-order chi connectivity index (χ0) is 19.7. The second-order valence-corrected chi connectivity index (χ2v) is 10.1. The lowest BCUT2D eigenvalue weighted by Crippen LogP contribution is -2.68. The first-order valence-corrected chi connectivity index (χ1v) is 11.6. The van der Waals surface area contributed by atoms with Crippen molar-refractivity contribution in [1.29, 1.82) is 0 Å². The number of aliphatic imine (C=N–C) groups is 1. The SMILES string of the molecule is CCNC(=NCCc1ccc(S(C)(=O)=O)cc1)NC1C2CCOC2C1(C)C. The highest BCUT2D eigenvalue weighted by Crippen LogP contribution is 2.52. The molecule has 0 bridgehead atoms. The van der Waals surface area contributed by atoms with E-state index in [0.717, 1.165) is 37.5 Å². The van der Waals surface area contributed by atoms with Gasteiger partial charge in [-0.1, -0.05) is 26.0 Å². The van der Waals surface area contributed by atoms with Crippen LogP contribution in [0.4, 0.5) is 0 Å². The highest BCUT2D eigenvalue weighted by atomic mass is 32.2. The van der Waals surface area contributed by atoms with Crippen molar-refractivity contribution in [3.63, 3.8) is 0 Å². The van der Waals surface area contributed by atoms with Gasteiger partial charge in [-0.3, -0.25) is 4.99 Å². The monoisotopic (exact) mass is 393 g/mol. The summed E-state index contributed by atoms with van der Waals surface area (Å²) < 4.78 is 28.9. The van der Waals surface area contributed by atoms with Crippen LogP contribution < -0.4 is 10.6 Å². The molecule has 0 aromatic heterocycles. The lowest BCUT2D eigenvalue weighted by molar-refractivity contribution is -0.106. The van der Waals surface area contributed by atoms with Crippen molar-refractivity contribution in [3.8, 4) is 0 Å². The molecule has 1 aromatic carbocycles. The molecule has 7 heteroatoms. The molecule has 27 heavy (non-hydrogen) atoms. The molecule has 1 saturated carbocycles. The first-order chi connectivity index (χ1) is 12.7. The predicted octanol–water partition coefficient (Wildman–Crippen LogP) is 2.00. The Morgan fingerprint density at radius 1 is 1.30 bits per heavy atom. The number of fused-ring (bicyclic) bond motifs is 1. The Morgan fingerprint density at radius 2 is 2.00 bits per heavy atom. The molecular weight excluding hydrogens is 362 g/mol. The normalized spacial score (nSPS) is 27.0. The number of nitrogens with zero attached hydrogens (tertiary/aromatic N) is 1. The second kappa shape index (κ2) is 7.80. The van der Waals surface area contributed by atoms with E-state index in [-0.39, 0.29) is 5.41 Å². The molecule has 3 atom stereocenters. The molecular formula is C20H31N3O3S. The molecule has 1 aromatic rings. The average Bonchev–Trinajstić information content (AvgIpc) is 3.06. The fraction of sp³-hybridized carbons (Fsp3) is 0.650. The van der Waals surface area contributed by atoms with Gasteiger partial charge in [0.25, 0.3) is 0 Å². The number of sulfone groups is 1. The first kappa shape index (κ1) is 20.1.